The Kier molecular flexibility index (Phi) is 3.94. The number of thiophene rings is 1. The van der Waals surface area contributed by atoms with Crippen LogP contribution in [0.4, 0.5) is 0 Å². The number of hydrogen-bond donors (Lipinski definition) is 1. The molecule has 1 N–H and O–H groups in total. The van der Waals surface area contributed by atoms with Crippen LogP contribution in [0.2, 0.25) is 0 Å². The molecule has 2 rings (SSSR count). The molecule has 0 aliphatic carbocycles. The van der Waals surface area contributed by atoms with E-state index in [1.165, 1.54) is 0 Å². The van der Waals surface area contributed by atoms with Crippen LogP contribution in [0.3, 0.4) is 0 Å². The second kappa shape index (κ2) is 5.36. The molecule has 20 heavy (non-hydrogen) atoms. The van der Waals surface area contributed by atoms with Crippen LogP contribution in [-0.2, 0) is 5.41 Å². The first-order valence-corrected chi connectivity index (χ1v) is 7.42. The van der Waals surface area contributed by atoms with E-state index in [9.17, 15) is 4.79 Å². The molecule has 108 valence electrons. The normalized spacial score (nSPS) is 13.2. The van der Waals surface area contributed by atoms with Gasteiger partial charge >= 0.3 is 0 Å². The third kappa shape index (κ3) is 2.90. The molecule has 0 radical (unpaired) electrons. The Morgan fingerprint density at radius 1 is 1.45 bits per heavy atom. The molecular formula is C14H20N4OS. The van der Waals surface area contributed by atoms with Crippen molar-refractivity contribution in [2.75, 3.05) is 7.05 Å². The molecule has 1 unspecified atom stereocenters. The number of rotatable bonds is 3. The van der Waals surface area contributed by atoms with Crippen molar-refractivity contribution in [1.29, 1.82) is 0 Å². The first kappa shape index (κ1) is 14.7. The van der Waals surface area contributed by atoms with Crippen LogP contribution in [0.1, 0.15) is 55.1 Å². The summed E-state index contributed by atoms with van der Waals surface area (Å²) in [6.45, 7) is 8.08. The van der Waals surface area contributed by atoms with Crippen molar-refractivity contribution in [3.8, 4) is 0 Å². The lowest BCUT2D eigenvalue weighted by Gasteiger charge is -2.22. The third-order valence-corrected chi connectivity index (χ3v) is 4.29. The average molecular weight is 292 g/mol. The van der Waals surface area contributed by atoms with Crippen molar-refractivity contribution in [3.63, 3.8) is 0 Å². The molecule has 1 atom stereocenters. The van der Waals surface area contributed by atoms with Crippen molar-refractivity contribution in [3.05, 3.63) is 34.0 Å². The molecule has 0 spiro atoms. The summed E-state index contributed by atoms with van der Waals surface area (Å²) in [7, 11) is 1.78. The Balaban J connectivity index is 2.17. The molecule has 0 aliphatic heterocycles. The highest BCUT2D eigenvalue weighted by atomic mass is 32.1. The van der Waals surface area contributed by atoms with E-state index in [1.807, 2.05) is 45.2 Å². The molecule has 1 amide bonds. The minimum atomic E-state index is -0.169. The van der Waals surface area contributed by atoms with Gasteiger partial charge in [-0.1, -0.05) is 26.8 Å². The van der Waals surface area contributed by atoms with Crippen LogP contribution >= 0.6 is 11.3 Å². The van der Waals surface area contributed by atoms with Crippen molar-refractivity contribution in [2.24, 2.45) is 0 Å². The quantitative estimate of drug-likeness (QED) is 0.946. The van der Waals surface area contributed by atoms with Crippen LogP contribution in [0.15, 0.2) is 17.5 Å². The van der Waals surface area contributed by atoms with E-state index in [1.54, 1.807) is 23.3 Å². The van der Waals surface area contributed by atoms with E-state index in [-0.39, 0.29) is 23.2 Å². The topological polar surface area (TPSA) is 61.9 Å². The molecule has 2 aromatic heterocycles. The zero-order valence-electron chi connectivity index (χ0n) is 12.5. The number of carbonyl (C=O) groups excluding carboxylic acids is 1. The van der Waals surface area contributed by atoms with Gasteiger partial charge < -0.3 is 4.90 Å². The maximum atomic E-state index is 12.4. The SMILES string of the molecule is CC(c1cccs1)N(C)C(=O)c1n[nH]c(C(C)(C)C)n1. The van der Waals surface area contributed by atoms with Gasteiger partial charge in [0.2, 0.25) is 5.82 Å². The average Bonchev–Trinajstić information content (AvgIpc) is 3.05. The van der Waals surface area contributed by atoms with Gasteiger partial charge in [-0.05, 0) is 18.4 Å². The van der Waals surface area contributed by atoms with Gasteiger partial charge in [-0.2, -0.15) is 0 Å². The number of nitrogens with zero attached hydrogens (tertiary/aromatic N) is 3. The molecule has 0 aliphatic rings. The molecule has 2 aromatic rings. The fraction of sp³-hybridized carbons (Fsp3) is 0.500. The highest BCUT2D eigenvalue weighted by Gasteiger charge is 2.25. The van der Waals surface area contributed by atoms with Gasteiger partial charge in [0.15, 0.2) is 0 Å². The molecule has 6 heteroatoms. The number of H-pyrrole nitrogens is 1. The monoisotopic (exact) mass is 292 g/mol. The fourth-order valence-corrected chi connectivity index (χ4v) is 2.57. The molecule has 5 nitrogen and oxygen atoms in total. The van der Waals surface area contributed by atoms with E-state index in [0.29, 0.717) is 0 Å². The van der Waals surface area contributed by atoms with Gasteiger partial charge in [0.25, 0.3) is 5.91 Å². The lowest BCUT2D eigenvalue weighted by molar-refractivity contribution is 0.0733. The van der Waals surface area contributed by atoms with Crippen LogP contribution in [0.5, 0.6) is 0 Å². The van der Waals surface area contributed by atoms with Crippen LogP contribution in [0, 0.1) is 0 Å². The molecule has 0 fully saturated rings. The minimum Gasteiger partial charge on any atom is -0.331 e. The zero-order chi connectivity index (χ0) is 14.9. The molecule has 0 saturated carbocycles. The largest absolute Gasteiger partial charge is 0.331 e. The predicted octanol–water partition coefficient (Wildman–Crippen LogP) is 3.00. The molecule has 0 saturated heterocycles. The van der Waals surface area contributed by atoms with Crippen molar-refractivity contribution >= 4 is 17.2 Å². The number of amides is 1. The summed E-state index contributed by atoms with van der Waals surface area (Å²) in [5.74, 6) is 0.775. The number of carbonyl (C=O) groups is 1. The fourth-order valence-electron chi connectivity index (χ4n) is 1.75. The first-order chi connectivity index (χ1) is 9.30. The molecule has 2 heterocycles. The summed E-state index contributed by atoms with van der Waals surface area (Å²) >= 11 is 1.64. The predicted molar refractivity (Wildman–Crippen MR) is 79.9 cm³/mol. The second-order valence-electron chi connectivity index (χ2n) is 5.87. The Morgan fingerprint density at radius 3 is 2.65 bits per heavy atom. The highest BCUT2D eigenvalue weighted by Crippen LogP contribution is 2.24. The number of aromatic nitrogens is 3. The summed E-state index contributed by atoms with van der Waals surface area (Å²) in [6, 6.07) is 4.02. The Labute approximate surface area is 123 Å². The van der Waals surface area contributed by atoms with E-state index < -0.39 is 0 Å². The summed E-state index contributed by atoms with van der Waals surface area (Å²) in [4.78, 5) is 19.5. The van der Waals surface area contributed by atoms with E-state index in [0.717, 1.165) is 10.7 Å². The van der Waals surface area contributed by atoms with Gasteiger partial charge in [0.05, 0.1) is 6.04 Å². The van der Waals surface area contributed by atoms with Gasteiger partial charge in [0.1, 0.15) is 5.82 Å². The maximum absolute atomic E-state index is 12.4. The minimum absolute atomic E-state index is 0.0130. The Bertz CT molecular complexity index is 583. The summed E-state index contributed by atoms with van der Waals surface area (Å²) in [5, 5.41) is 8.90. The smallest absolute Gasteiger partial charge is 0.293 e. The highest BCUT2D eigenvalue weighted by molar-refractivity contribution is 7.10. The van der Waals surface area contributed by atoms with E-state index in [2.05, 4.69) is 15.2 Å². The van der Waals surface area contributed by atoms with Crippen molar-refractivity contribution in [1.82, 2.24) is 20.1 Å². The van der Waals surface area contributed by atoms with Crippen LogP contribution in [0.25, 0.3) is 0 Å². The van der Waals surface area contributed by atoms with Crippen LogP contribution < -0.4 is 0 Å². The number of hydrogen-bond acceptors (Lipinski definition) is 4. The summed E-state index contributed by atoms with van der Waals surface area (Å²) in [5.41, 5.74) is -0.149. The molecule has 0 aromatic carbocycles. The third-order valence-electron chi connectivity index (χ3n) is 3.24. The zero-order valence-corrected chi connectivity index (χ0v) is 13.3. The Morgan fingerprint density at radius 2 is 2.15 bits per heavy atom. The molecule has 0 bridgehead atoms. The number of nitrogens with one attached hydrogen (secondary N) is 1. The lowest BCUT2D eigenvalue weighted by Crippen LogP contribution is -2.30. The van der Waals surface area contributed by atoms with E-state index in [4.69, 9.17) is 0 Å². The molecular weight excluding hydrogens is 272 g/mol. The lowest BCUT2D eigenvalue weighted by atomic mass is 9.96. The van der Waals surface area contributed by atoms with Crippen LogP contribution in [-0.4, -0.2) is 33.0 Å². The van der Waals surface area contributed by atoms with Gasteiger partial charge in [-0.3, -0.25) is 9.89 Å². The van der Waals surface area contributed by atoms with E-state index >= 15 is 0 Å². The first-order valence-electron chi connectivity index (χ1n) is 6.54. The second-order valence-corrected chi connectivity index (χ2v) is 6.84. The summed E-state index contributed by atoms with van der Waals surface area (Å²) in [6.07, 6.45) is 0. The van der Waals surface area contributed by atoms with Crippen molar-refractivity contribution in [2.45, 2.75) is 39.2 Å². The van der Waals surface area contributed by atoms with Gasteiger partial charge in [-0.15, -0.1) is 16.4 Å². The maximum Gasteiger partial charge on any atom is 0.293 e. The van der Waals surface area contributed by atoms with Gasteiger partial charge in [-0.25, -0.2) is 4.98 Å². The summed E-state index contributed by atoms with van der Waals surface area (Å²) < 4.78 is 0. The van der Waals surface area contributed by atoms with Crippen molar-refractivity contribution < 1.29 is 4.79 Å². The standard InChI is InChI=1S/C14H20N4OS/c1-9(10-7-6-8-20-10)18(5)12(19)11-15-13(17-16-11)14(2,3)4/h6-9H,1-5H3,(H,15,16,17). The number of aromatic amines is 1. The Hall–Kier alpha value is -1.69. The van der Waals surface area contributed by atoms with Gasteiger partial charge in [0, 0.05) is 17.3 Å².